The molecular weight excluding hydrogens is 386 g/mol. The Kier molecular flexibility index (Phi) is 6.67. The van der Waals surface area contributed by atoms with E-state index in [1.165, 1.54) is 24.5 Å². The predicted molar refractivity (Wildman–Crippen MR) is 114 cm³/mol. The van der Waals surface area contributed by atoms with Gasteiger partial charge < -0.3 is 10.1 Å². The van der Waals surface area contributed by atoms with Gasteiger partial charge in [-0.2, -0.15) is 5.10 Å². The van der Waals surface area contributed by atoms with E-state index in [9.17, 15) is 14.9 Å². The van der Waals surface area contributed by atoms with Crippen LogP contribution in [0.1, 0.15) is 11.1 Å². The molecule has 30 heavy (non-hydrogen) atoms. The van der Waals surface area contributed by atoms with Crippen molar-refractivity contribution in [2.24, 2.45) is 5.10 Å². The summed E-state index contributed by atoms with van der Waals surface area (Å²) in [6.45, 7) is 1.78. The smallest absolute Gasteiger partial charge is 0.313 e. The highest BCUT2D eigenvalue weighted by Gasteiger charge is 2.13. The second kappa shape index (κ2) is 9.78. The van der Waals surface area contributed by atoms with Crippen molar-refractivity contribution in [1.29, 1.82) is 0 Å². The van der Waals surface area contributed by atoms with Crippen LogP contribution in [-0.2, 0) is 4.79 Å². The molecule has 152 valence electrons. The number of hydrogen-bond acceptors (Lipinski definition) is 7. The third kappa shape index (κ3) is 5.61. The van der Waals surface area contributed by atoms with E-state index in [0.717, 1.165) is 5.56 Å². The first kappa shape index (κ1) is 20.5. The Morgan fingerprint density at radius 3 is 2.70 bits per heavy atom. The number of anilines is 2. The molecule has 9 heteroatoms. The number of nitro groups is 1. The number of amides is 1. The van der Waals surface area contributed by atoms with Gasteiger partial charge in [0.1, 0.15) is 5.75 Å². The summed E-state index contributed by atoms with van der Waals surface area (Å²) < 4.78 is 5.60. The largest absolute Gasteiger partial charge is 0.483 e. The molecule has 2 N–H and O–H groups in total. The van der Waals surface area contributed by atoms with Gasteiger partial charge in [-0.15, -0.1) is 0 Å². The van der Waals surface area contributed by atoms with E-state index < -0.39 is 4.92 Å². The highest BCUT2D eigenvalue weighted by atomic mass is 16.6. The van der Waals surface area contributed by atoms with Crippen LogP contribution >= 0.6 is 0 Å². The van der Waals surface area contributed by atoms with Crippen molar-refractivity contribution in [2.75, 3.05) is 17.3 Å². The predicted octanol–water partition coefficient (Wildman–Crippen LogP) is 3.76. The van der Waals surface area contributed by atoms with Crippen LogP contribution in [0.4, 0.5) is 17.2 Å². The fraction of sp³-hybridized carbons (Fsp3) is 0.0952. The average molecular weight is 405 g/mol. The van der Waals surface area contributed by atoms with E-state index >= 15 is 0 Å². The molecule has 3 aromatic rings. The maximum atomic E-state index is 12.1. The number of nitrogens with zero attached hydrogens (tertiary/aromatic N) is 3. The molecule has 0 aliphatic heterocycles. The Bertz CT molecular complexity index is 1070. The minimum atomic E-state index is -0.547. The van der Waals surface area contributed by atoms with Crippen LogP contribution in [0.15, 0.2) is 72.0 Å². The van der Waals surface area contributed by atoms with Crippen molar-refractivity contribution < 1.29 is 14.5 Å². The summed E-state index contributed by atoms with van der Waals surface area (Å²) in [5.74, 6) is 0.167. The first-order valence-corrected chi connectivity index (χ1v) is 9.00. The van der Waals surface area contributed by atoms with Crippen molar-refractivity contribution in [1.82, 2.24) is 4.98 Å². The quantitative estimate of drug-likeness (QED) is 0.335. The molecule has 0 unspecified atom stereocenters. The summed E-state index contributed by atoms with van der Waals surface area (Å²) in [5, 5.41) is 17.8. The third-order valence-electron chi connectivity index (χ3n) is 3.97. The number of pyridine rings is 1. The van der Waals surface area contributed by atoms with Crippen LogP contribution in [0, 0.1) is 17.0 Å². The monoisotopic (exact) mass is 405 g/mol. The Labute approximate surface area is 172 Å². The number of carbonyl (C=O) groups excluding carboxylic acids is 1. The molecule has 0 spiro atoms. The number of aryl methyl sites for hydroxylation is 1. The van der Waals surface area contributed by atoms with E-state index in [4.69, 9.17) is 4.74 Å². The summed E-state index contributed by atoms with van der Waals surface area (Å²) >= 11 is 0. The lowest BCUT2D eigenvalue weighted by Crippen LogP contribution is -2.20. The Morgan fingerprint density at radius 1 is 1.17 bits per heavy atom. The normalized spacial score (nSPS) is 10.6. The molecular formula is C21H19N5O4. The van der Waals surface area contributed by atoms with Crippen LogP contribution in [-0.4, -0.2) is 28.6 Å². The van der Waals surface area contributed by atoms with Crippen LogP contribution in [0.2, 0.25) is 0 Å². The molecule has 0 atom stereocenters. The topological polar surface area (TPSA) is 119 Å². The molecule has 0 saturated carbocycles. The highest BCUT2D eigenvalue weighted by Crippen LogP contribution is 2.21. The molecule has 0 bridgehead atoms. The summed E-state index contributed by atoms with van der Waals surface area (Å²) in [6, 6.07) is 17.2. The second-order valence-electron chi connectivity index (χ2n) is 6.24. The number of nitrogens with one attached hydrogen (secondary N) is 2. The van der Waals surface area contributed by atoms with Crippen molar-refractivity contribution in [2.45, 2.75) is 6.92 Å². The number of benzene rings is 2. The van der Waals surface area contributed by atoms with Crippen molar-refractivity contribution in [3.05, 3.63) is 88.1 Å². The van der Waals surface area contributed by atoms with Gasteiger partial charge in [0.2, 0.25) is 5.82 Å². The van der Waals surface area contributed by atoms with E-state index in [0.29, 0.717) is 17.0 Å². The van der Waals surface area contributed by atoms with E-state index in [1.54, 1.807) is 24.3 Å². The molecule has 3 rings (SSSR count). The molecule has 0 radical (unpaired) electrons. The maximum absolute atomic E-state index is 12.1. The molecule has 1 amide bonds. The average Bonchev–Trinajstić information content (AvgIpc) is 2.75. The van der Waals surface area contributed by atoms with Gasteiger partial charge in [0, 0.05) is 23.5 Å². The van der Waals surface area contributed by atoms with Gasteiger partial charge in [-0.25, -0.2) is 4.98 Å². The van der Waals surface area contributed by atoms with Gasteiger partial charge in [-0.1, -0.05) is 29.8 Å². The minimum absolute atomic E-state index is 0.0228. The number of aromatic nitrogens is 1. The Balaban J connectivity index is 1.62. The number of para-hydroxylation sites is 1. The lowest BCUT2D eigenvalue weighted by atomic mass is 10.2. The molecule has 0 saturated heterocycles. The number of hydrazone groups is 1. The summed E-state index contributed by atoms with van der Waals surface area (Å²) in [6.07, 6.45) is 2.86. The molecule has 2 aromatic carbocycles. The van der Waals surface area contributed by atoms with Gasteiger partial charge >= 0.3 is 5.69 Å². The van der Waals surface area contributed by atoms with E-state index in [1.807, 2.05) is 31.2 Å². The zero-order valence-corrected chi connectivity index (χ0v) is 16.1. The summed E-state index contributed by atoms with van der Waals surface area (Å²) in [7, 11) is 0. The molecule has 1 aromatic heterocycles. The maximum Gasteiger partial charge on any atom is 0.313 e. The van der Waals surface area contributed by atoms with Gasteiger partial charge in [-0.05, 0) is 37.3 Å². The number of ether oxygens (including phenoxy) is 1. The van der Waals surface area contributed by atoms with Gasteiger partial charge in [0.25, 0.3) is 5.91 Å². The zero-order valence-electron chi connectivity index (χ0n) is 16.1. The zero-order chi connectivity index (χ0) is 21.3. The fourth-order valence-electron chi connectivity index (χ4n) is 2.49. The van der Waals surface area contributed by atoms with Crippen LogP contribution in [0.5, 0.6) is 5.75 Å². The van der Waals surface area contributed by atoms with Crippen LogP contribution < -0.4 is 15.5 Å². The number of rotatable bonds is 8. The molecule has 0 aliphatic rings. The lowest BCUT2D eigenvalue weighted by molar-refractivity contribution is -0.384. The van der Waals surface area contributed by atoms with E-state index in [2.05, 4.69) is 20.8 Å². The third-order valence-corrected chi connectivity index (χ3v) is 3.97. The standard InChI is InChI=1S/C21H19N5O4/c1-15-8-10-17(11-9-15)24-20(27)14-30-19-7-3-2-5-16(19)13-23-25-21-18(26(28)29)6-4-12-22-21/h2-13H,14H2,1H3,(H,22,25)(H,24,27)/b23-13-. The Morgan fingerprint density at radius 2 is 1.93 bits per heavy atom. The van der Waals surface area contributed by atoms with Crippen molar-refractivity contribution in [3.63, 3.8) is 0 Å². The summed E-state index contributed by atoms with van der Waals surface area (Å²) in [4.78, 5) is 26.5. The fourth-order valence-corrected chi connectivity index (χ4v) is 2.49. The minimum Gasteiger partial charge on any atom is -0.483 e. The SMILES string of the molecule is Cc1ccc(NC(=O)COc2ccccc2/C=N\Nc2ncccc2[N+](=O)[O-])cc1. The van der Waals surface area contributed by atoms with Crippen LogP contribution in [0.25, 0.3) is 0 Å². The number of hydrogen-bond donors (Lipinski definition) is 2. The van der Waals surface area contributed by atoms with Crippen LogP contribution in [0.3, 0.4) is 0 Å². The molecule has 0 fully saturated rings. The highest BCUT2D eigenvalue weighted by molar-refractivity contribution is 5.92. The molecule has 9 nitrogen and oxygen atoms in total. The number of carbonyl (C=O) groups is 1. The second-order valence-corrected chi connectivity index (χ2v) is 6.24. The van der Waals surface area contributed by atoms with Gasteiger partial charge in [0.05, 0.1) is 11.1 Å². The van der Waals surface area contributed by atoms with Gasteiger partial charge in [-0.3, -0.25) is 20.3 Å². The molecule has 0 aliphatic carbocycles. The first-order chi connectivity index (χ1) is 14.5. The van der Waals surface area contributed by atoms with Gasteiger partial charge in [0.15, 0.2) is 6.61 Å². The summed E-state index contributed by atoms with van der Waals surface area (Å²) in [5.41, 5.74) is 4.74. The lowest BCUT2D eigenvalue weighted by Gasteiger charge is -2.09. The molecule has 1 heterocycles. The van der Waals surface area contributed by atoms with E-state index in [-0.39, 0.29) is 24.0 Å². The van der Waals surface area contributed by atoms with Crippen molar-refractivity contribution in [3.8, 4) is 5.75 Å². The van der Waals surface area contributed by atoms with Crippen molar-refractivity contribution >= 4 is 29.3 Å². The Hall–Kier alpha value is -4.27. The first-order valence-electron chi connectivity index (χ1n) is 9.00.